The van der Waals surface area contributed by atoms with Crippen LogP contribution < -0.4 is 4.90 Å². The van der Waals surface area contributed by atoms with Gasteiger partial charge in [-0.15, -0.1) is 0 Å². The second-order valence-electron chi connectivity index (χ2n) is 7.16. The van der Waals surface area contributed by atoms with Gasteiger partial charge in [0, 0.05) is 38.4 Å². The summed E-state index contributed by atoms with van der Waals surface area (Å²) in [6, 6.07) is 9.86. The molecule has 0 saturated carbocycles. The average Bonchev–Trinajstić information content (AvgIpc) is 3.52. The van der Waals surface area contributed by atoms with E-state index in [9.17, 15) is 9.18 Å². The lowest BCUT2D eigenvalue weighted by Gasteiger charge is -2.35. The molecule has 1 fully saturated rings. The van der Waals surface area contributed by atoms with Crippen LogP contribution in [0.2, 0.25) is 0 Å². The van der Waals surface area contributed by atoms with Crippen LogP contribution in [-0.2, 0) is 0 Å². The summed E-state index contributed by atoms with van der Waals surface area (Å²) in [5.74, 6) is 1.08. The second-order valence-corrected chi connectivity index (χ2v) is 7.16. The van der Waals surface area contributed by atoms with Crippen LogP contribution in [0.1, 0.15) is 10.5 Å². The number of carbonyl (C=O) groups excluding carboxylic acids is 1. The summed E-state index contributed by atoms with van der Waals surface area (Å²) in [7, 11) is 0. The van der Waals surface area contributed by atoms with Crippen LogP contribution in [-0.4, -0.2) is 66.7 Å². The Labute approximate surface area is 177 Å². The molecular weight excluding hydrogens is 399 g/mol. The molecule has 0 atom stereocenters. The first kappa shape index (κ1) is 18.9. The molecule has 1 aromatic carbocycles. The highest BCUT2D eigenvalue weighted by atomic mass is 19.1. The average molecular weight is 418 g/mol. The molecule has 1 amide bonds. The Morgan fingerprint density at radius 1 is 0.935 bits per heavy atom. The first-order valence-corrected chi connectivity index (χ1v) is 9.83. The molecule has 3 aromatic heterocycles. The first-order valence-electron chi connectivity index (χ1n) is 9.83. The minimum Gasteiger partial charge on any atom is -0.357 e. The van der Waals surface area contributed by atoms with Crippen LogP contribution in [0.4, 0.5) is 10.2 Å². The summed E-state index contributed by atoms with van der Waals surface area (Å²) < 4.78 is 14.7. The summed E-state index contributed by atoms with van der Waals surface area (Å²) in [6.07, 6.45) is 6.30. The number of rotatable bonds is 4. The number of carbonyl (C=O) groups is 1. The maximum absolute atomic E-state index is 13.1. The van der Waals surface area contributed by atoms with E-state index in [-0.39, 0.29) is 11.7 Å². The van der Waals surface area contributed by atoms with Crippen molar-refractivity contribution in [1.29, 1.82) is 0 Å². The number of hydrogen-bond donors (Lipinski definition) is 1. The molecule has 1 saturated heterocycles. The fourth-order valence-electron chi connectivity index (χ4n) is 3.60. The van der Waals surface area contributed by atoms with Crippen molar-refractivity contribution in [2.24, 2.45) is 0 Å². The number of aromatic nitrogens is 6. The normalized spacial score (nSPS) is 14.1. The van der Waals surface area contributed by atoms with Crippen LogP contribution in [0, 0.1) is 5.82 Å². The largest absolute Gasteiger partial charge is 0.357 e. The van der Waals surface area contributed by atoms with Gasteiger partial charge >= 0.3 is 0 Å². The smallest absolute Gasteiger partial charge is 0.270 e. The van der Waals surface area contributed by atoms with Crippen molar-refractivity contribution in [3.05, 3.63) is 73.1 Å². The number of piperazine rings is 1. The van der Waals surface area contributed by atoms with E-state index < -0.39 is 0 Å². The number of H-pyrrole nitrogens is 1. The molecule has 0 aliphatic carbocycles. The molecule has 1 N–H and O–H groups in total. The van der Waals surface area contributed by atoms with Crippen molar-refractivity contribution < 1.29 is 9.18 Å². The third-order valence-electron chi connectivity index (χ3n) is 5.27. The molecule has 0 bridgehead atoms. The van der Waals surface area contributed by atoms with E-state index in [0.717, 1.165) is 16.9 Å². The predicted molar refractivity (Wildman–Crippen MR) is 111 cm³/mol. The first-order chi connectivity index (χ1) is 15.2. The standard InChI is InChI=1S/C21H19FN8O/c22-17-3-1-15(2-4-17)16-9-18(24-11-16)21(31)29-7-5-28(6-8-29)19-10-20(26-13-25-19)30-14-23-12-27-30/h1-4,9-14,24H,5-8H2. The minimum absolute atomic E-state index is 0.0565. The van der Waals surface area contributed by atoms with Crippen LogP contribution in [0.15, 0.2) is 61.6 Å². The van der Waals surface area contributed by atoms with Crippen LogP contribution in [0.25, 0.3) is 16.9 Å². The van der Waals surface area contributed by atoms with Gasteiger partial charge in [-0.2, -0.15) is 5.10 Å². The van der Waals surface area contributed by atoms with Gasteiger partial charge in [0.05, 0.1) is 0 Å². The number of benzene rings is 1. The van der Waals surface area contributed by atoms with Crippen molar-refractivity contribution in [2.45, 2.75) is 0 Å². The van der Waals surface area contributed by atoms with Gasteiger partial charge in [0.25, 0.3) is 5.91 Å². The molecule has 4 aromatic rings. The SMILES string of the molecule is O=C(c1cc(-c2ccc(F)cc2)c[nH]1)N1CCN(c2cc(-n3cncn3)ncn2)CC1. The third kappa shape index (κ3) is 3.87. The zero-order valence-electron chi connectivity index (χ0n) is 16.5. The highest BCUT2D eigenvalue weighted by Gasteiger charge is 2.24. The number of nitrogens with zero attached hydrogens (tertiary/aromatic N) is 7. The number of anilines is 1. The van der Waals surface area contributed by atoms with Crippen molar-refractivity contribution >= 4 is 11.7 Å². The monoisotopic (exact) mass is 418 g/mol. The van der Waals surface area contributed by atoms with Crippen LogP contribution >= 0.6 is 0 Å². The minimum atomic E-state index is -0.287. The lowest BCUT2D eigenvalue weighted by molar-refractivity contribution is 0.0741. The Morgan fingerprint density at radius 2 is 1.71 bits per heavy atom. The van der Waals surface area contributed by atoms with Gasteiger partial charge in [0.1, 0.15) is 36.3 Å². The van der Waals surface area contributed by atoms with Crippen LogP contribution in [0.5, 0.6) is 0 Å². The summed E-state index contributed by atoms with van der Waals surface area (Å²) in [5, 5.41) is 4.09. The zero-order chi connectivity index (χ0) is 21.2. The Morgan fingerprint density at radius 3 is 2.45 bits per heavy atom. The number of halogens is 1. The van der Waals surface area contributed by atoms with Gasteiger partial charge < -0.3 is 14.8 Å². The zero-order valence-corrected chi connectivity index (χ0v) is 16.5. The summed E-state index contributed by atoms with van der Waals surface area (Å²) in [5.41, 5.74) is 2.22. The molecule has 0 radical (unpaired) electrons. The van der Waals surface area contributed by atoms with E-state index in [2.05, 4.69) is 29.9 Å². The van der Waals surface area contributed by atoms with Crippen molar-refractivity contribution in [1.82, 2.24) is 34.6 Å². The van der Waals surface area contributed by atoms with Gasteiger partial charge in [-0.1, -0.05) is 12.1 Å². The second kappa shape index (κ2) is 7.98. The van der Waals surface area contributed by atoms with E-state index in [0.29, 0.717) is 37.7 Å². The predicted octanol–water partition coefficient (Wildman–Crippen LogP) is 2.15. The van der Waals surface area contributed by atoms with E-state index in [1.165, 1.54) is 24.8 Å². The van der Waals surface area contributed by atoms with E-state index >= 15 is 0 Å². The molecule has 31 heavy (non-hydrogen) atoms. The Kier molecular flexibility index (Phi) is 4.87. The van der Waals surface area contributed by atoms with Gasteiger partial charge in [-0.05, 0) is 29.3 Å². The van der Waals surface area contributed by atoms with E-state index in [1.54, 1.807) is 35.4 Å². The summed E-state index contributed by atoms with van der Waals surface area (Å²) >= 11 is 0. The Balaban J connectivity index is 1.24. The third-order valence-corrected chi connectivity index (χ3v) is 5.27. The van der Waals surface area contributed by atoms with Crippen LogP contribution in [0.3, 0.4) is 0 Å². The quantitative estimate of drug-likeness (QED) is 0.546. The molecule has 4 heterocycles. The number of amides is 1. The summed E-state index contributed by atoms with van der Waals surface area (Å²) in [4.78, 5) is 32.4. The van der Waals surface area contributed by atoms with Gasteiger partial charge in [-0.3, -0.25) is 4.79 Å². The van der Waals surface area contributed by atoms with Gasteiger partial charge in [-0.25, -0.2) is 24.0 Å². The fourth-order valence-corrected chi connectivity index (χ4v) is 3.60. The highest BCUT2D eigenvalue weighted by molar-refractivity contribution is 5.94. The van der Waals surface area contributed by atoms with Crippen molar-refractivity contribution in [2.75, 3.05) is 31.1 Å². The molecule has 1 aliphatic rings. The molecule has 1 aliphatic heterocycles. The Bertz CT molecular complexity index is 1180. The lowest BCUT2D eigenvalue weighted by atomic mass is 10.1. The number of nitrogens with one attached hydrogen (secondary N) is 1. The maximum atomic E-state index is 13.1. The van der Waals surface area contributed by atoms with E-state index in [4.69, 9.17) is 0 Å². The van der Waals surface area contributed by atoms with Crippen molar-refractivity contribution in [3.8, 4) is 16.9 Å². The van der Waals surface area contributed by atoms with E-state index in [1.807, 2.05) is 11.0 Å². The maximum Gasteiger partial charge on any atom is 0.270 e. The fraction of sp³-hybridized carbons (Fsp3) is 0.190. The molecule has 156 valence electrons. The molecule has 9 nitrogen and oxygen atoms in total. The lowest BCUT2D eigenvalue weighted by Crippen LogP contribution is -2.49. The molecule has 0 unspecified atom stereocenters. The highest BCUT2D eigenvalue weighted by Crippen LogP contribution is 2.22. The molecular formula is C21H19FN8O. The topological polar surface area (TPSA) is 95.8 Å². The van der Waals surface area contributed by atoms with Gasteiger partial charge in [0.15, 0.2) is 5.82 Å². The van der Waals surface area contributed by atoms with Crippen molar-refractivity contribution in [3.63, 3.8) is 0 Å². The number of aromatic amines is 1. The molecule has 0 spiro atoms. The number of hydrogen-bond acceptors (Lipinski definition) is 6. The summed E-state index contributed by atoms with van der Waals surface area (Å²) in [6.45, 7) is 2.47. The Hall–Kier alpha value is -4.08. The van der Waals surface area contributed by atoms with Gasteiger partial charge in [0.2, 0.25) is 0 Å². The molecule has 5 rings (SSSR count). The molecule has 10 heteroatoms.